The van der Waals surface area contributed by atoms with Crippen LogP contribution in [0.2, 0.25) is 0 Å². The first kappa shape index (κ1) is 14.0. The summed E-state index contributed by atoms with van der Waals surface area (Å²) in [5, 5.41) is 19.8. The molecule has 0 atom stereocenters. The van der Waals surface area contributed by atoms with Crippen LogP contribution in [-0.2, 0) is 9.59 Å². The fourth-order valence-corrected chi connectivity index (χ4v) is 2.48. The molecule has 0 spiro atoms. The molecular formula is C11H8N2O6S. The summed E-state index contributed by atoms with van der Waals surface area (Å²) in [6, 6.07) is 3.00. The molecule has 20 heavy (non-hydrogen) atoms. The Balaban J connectivity index is 2.55. The average molecular weight is 296 g/mol. The van der Waals surface area contributed by atoms with E-state index in [-0.39, 0.29) is 17.2 Å². The van der Waals surface area contributed by atoms with Crippen molar-refractivity contribution >= 4 is 40.9 Å². The number of aromatic carboxylic acids is 1. The summed E-state index contributed by atoms with van der Waals surface area (Å²) >= 11 is 1.14. The number of hydrogen-bond donors (Lipinski definition) is 1. The highest BCUT2D eigenvalue weighted by Crippen LogP contribution is 2.28. The quantitative estimate of drug-likeness (QED) is 0.500. The third kappa shape index (κ3) is 2.48. The number of nitro benzene ring substituents is 1. The van der Waals surface area contributed by atoms with Crippen LogP contribution in [0.4, 0.5) is 11.4 Å². The van der Waals surface area contributed by atoms with Gasteiger partial charge < -0.3 is 5.11 Å². The highest BCUT2D eigenvalue weighted by molar-refractivity contribution is 8.00. The Morgan fingerprint density at radius 3 is 2.40 bits per heavy atom. The molecule has 1 aromatic carbocycles. The van der Waals surface area contributed by atoms with Crippen LogP contribution in [0.25, 0.3) is 0 Å². The standard InChI is InChI=1S/C11H8N2O6S/c14-9-4-20-5-10(15)12(9)8-2-1-6(13(18)19)3-7(8)11(16)17/h1-3H,4-5H2,(H,16,17). The highest BCUT2D eigenvalue weighted by Gasteiger charge is 2.31. The molecule has 0 saturated carbocycles. The minimum absolute atomic E-state index is 0.0573. The Morgan fingerprint density at radius 1 is 1.30 bits per heavy atom. The number of nitrogens with zero attached hydrogens (tertiary/aromatic N) is 2. The maximum atomic E-state index is 11.8. The summed E-state index contributed by atoms with van der Waals surface area (Å²) in [5.74, 6) is -2.41. The van der Waals surface area contributed by atoms with Gasteiger partial charge in [0, 0.05) is 12.1 Å². The number of amides is 2. The van der Waals surface area contributed by atoms with Crippen molar-refractivity contribution in [1.82, 2.24) is 0 Å². The third-order valence-corrected chi connectivity index (χ3v) is 3.51. The summed E-state index contributed by atoms with van der Waals surface area (Å²) in [6.45, 7) is 0. The predicted octanol–water partition coefficient (Wildman–Crippen LogP) is 0.899. The molecule has 0 unspecified atom stereocenters. The second kappa shape index (κ2) is 5.29. The van der Waals surface area contributed by atoms with Gasteiger partial charge in [-0.15, -0.1) is 11.8 Å². The normalized spacial score (nSPS) is 15.3. The molecule has 0 aliphatic carbocycles. The molecule has 0 aromatic heterocycles. The van der Waals surface area contributed by atoms with Crippen molar-refractivity contribution in [1.29, 1.82) is 0 Å². The van der Waals surface area contributed by atoms with Crippen LogP contribution >= 0.6 is 11.8 Å². The van der Waals surface area contributed by atoms with Gasteiger partial charge in [0.1, 0.15) is 0 Å². The Hall–Kier alpha value is -2.42. The number of carbonyl (C=O) groups excluding carboxylic acids is 2. The number of thioether (sulfide) groups is 1. The van der Waals surface area contributed by atoms with Gasteiger partial charge in [0.2, 0.25) is 11.8 Å². The van der Waals surface area contributed by atoms with Gasteiger partial charge in [-0.3, -0.25) is 19.7 Å². The Labute approximate surface area is 116 Å². The second-order valence-electron chi connectivity index (χ2n) is 3.88. The lowest BCUT2D eigenvalue weighted by Gasteiger charge is -2.25. The van der Waals surface area contributed by atoms with Gasteiger partial charge in [0.05, 0.1) is 27.7 Å². The van der Waals surface area contributed by atoms with E-state index < -0.39 is 34.0 Å². The molecule has 1 saturated heterocycles. The molecule has 0 bridgehead atoms. The smallest absolute Gasteiger partial charge is 0.338 e. The van der Waals surface area contributed by atoms with Crippen LogP contribution < -0.4 is 4.90 Å². The van der Waals surface area contributed by atoms with Gasteiger partial charge >= 0.3 is 5.97 Å². The Bertz CT molecular complexity index is 613. The lowest BCUT2D eigenvalue weighted by molar-refractivity contribution is -0.384. The lowest BCUT2D eigenvalue weighted by atomic mass is 10.1. The van der Waals surface area contributed by atoms with Crippen molar-refractivity contribution < 1.29 is 24.4 Å². The van der Waals surface area contributed by atoms with Crippen molar-refractivity contribution in [3.05, 3.63) is 33.9 Å². The average Bonchev–Trinajstić information content (AvgIpc) is 2.38. The zero-order chi connectivity index (χ0) is 14.9. The van der Waals surface area contributed by atoms with Gasteiger partial charge in [0.25, 0.3) is 5.69 Å². The topological polar surface area (TPSA) is 118 Å². The van der Waals surface area contributed by atoms with Crippen LogP contribution in [-0.4, -0.2) is 39.3 Å². The van der Waals surface area contributed by atoms with E-state index in [1.165, 1.54) is 0 Å². The van der Waals surface area contributed by atoms with E-state index in [1.54, 1.807) is 0 Å². The first-order valence-electron chi connectivity index (χ1n) is 5.37. The molecule has 9 heteroatoms. The largest absolute Gasteiger partial charge is 0.478 e. The van der Waals surface area contributed by atoms with E-state index in [0.29, 0.717) is 0 Å². The summed E-state index contributed by atoms with van der Waals surface area (Å²) in [5.41, 5.74) is -1.01. The summed E-state index contributed by atoms with van der Waals surface area (Å²) in [4.78, 5) is 45.4. The lowest BCUT2D eigenvalue weighted by Crippen LogP contribution is -2.43. The number of carboxylic acids is 1. The number of carboxylic acid groups (broad SMARTS) is 1. The van der Waals surface area contributed by atoms with Crippen molar-refractivity contribution in [2.24, 2.45) is 0 Å². The second-order valence-corrected chi connectivity index (χ2v) is 4.86. The van der Waals surface area contributed by atoms with Crippen molar-refractivity contribution in [2.75, 3.05) is 16.4 Å². The maximum absolute atomic E-state index is 11.8. The third-order valence-electron chi connectivity index (χ3n) is 2.61. The van der Waals surface area contributed by atoms with E-state index in [2.05, 4.69) is 0 Å². The molecule has 104 valence electrons. The highest BCUT2D eigenvalue weighted by atomic mass is 32.2. The molecular weight excluding hydrogens is 288 g/mol. The summed E-state index contributed by atoms with van der Waals surface area (Å²) < 4.78 is 0. The van der Waals surface area contributed by atoms with Crippen LogP contribution in [0.1, 0.15) is 10.4 Å². The van der Waals surface area contributed by atoms with Crippen LogP contribution in [0.3, 0.4) is 0 Å². The molecule has 0 radical (unpaired) electrons. The Kier molecular flexibility index (Phi) is 3.70. The van der Waals surface area contributed by atoms with E-state index in [9.17, 15) is 24.5 Å². The number of non-ortho nitro benzene ring substituents is 1. The molecule has 1 aliphatic rings. The van der Waals surface area contributed by atoms with E-state index >= 15 is 0 Å². The van der Waals surface area contributed by atoms with E-state index in [4.69, 9.17) is 5.11 Å². The molecule has 1 fully saturated rings. The van der Waals surface area contributed by atoms with Crippen LogP contribution in [0, 0.1) is 10.1 Å². The molecule has 2 amide bonds. The van der Waals surface area contributed by atoms with E-state index in [1.807, 2.05) is 0 Å². The SMILES string of the molecule is O=C(O)c1cc([N+](=O)[O-])ccc1N1C(=O)CSCC1=O. The fraction of sp³-hybridized carbons (Fsp3) is 0.182. The minimum Gasteiger partial charge on any atom is -0.478 e. The Morgan fingerprint density at radius 2 is 1.90 bits per heavy atom. The van der Waals surface area contributed by atoms with E-state index in [0.717, 1.165) is 34.9 Å². The molecule has 2 rings (SSSR count). The summed E-state index contributed by atoms with van der Waals surface area (Å²) in [6.07, 6.45) is 0. The van der Waals surface area contributed by atoms with Crippen LogP contribution in [0.5, 0.6) is 0 Å². The van der Waals surface area contributed by atoms with Gasteiger partial charge in [0.15, 0.2) is 0 Å². The number of anilines is 1. The number of nitro groups is 1. The number of rotatable bonds is 3. The molecule has 1 aliphatic heterocycles. The maximum Gasteiger partial charge on any atom is 0.338 e. The summed E-state index contributed by atoms with van der Waals surface area (Å²) in [7, 11) is 0. The number of carbonyl (C=O) groups is 3. The van der Waals surface area contributed by atoms with Gasteiger partial charge in [-0.2, -0.15) is 0 Å². The zero-order valence-corrected chi connectivity index (χ0v) is 10.8. The first-order valence-corrected chi connectivity index (χ1v) is 6.52. The van der Waals surface area contributed by atoms with Crippen molar-refractivity contribution in [3.8, 4) is 0 Å². The molecule has 1 aromatic rings. The molecule has 1 heterocycles. The van der Waals surface area contributed by atoms with Crippen molar-refractivity contribution in [3.63, 3.8) is 0 Å². The van der Waals surface area contributed by atoms with Gasteiger partial charge in [-0.25, -0.2) is 9.69 Å². The first-order chi connectivity index (χ1) is 9.41. The number of hydrogen-bond acceptors (Lipinski definition) is 6. The monoisotopic (exact) mass is 296 g/mol. The van der Waals surface area contributed by atoms with Gasteiger partial charge in [-0.1, -0.05) is 0 Å². The van der Waals surface area contributed by atoms with Gasteiger partial charge in [-0.05, 0) is 6.07 Å². The zero-order valence-electron chi connectivity index (χ0n) is 9.94. The number of benzene rings is 1. The molecule has 1 N–H and O–H groups in total. The number of imide groups is 1. The molecule has 8 nitrogen and oxygen atoms in total. The fourth-order valence-electron chi connectivity index (χ4n) is 1.77. The predicted molar refractivity (Wildman–Crippen MR) is 69.9 cm³/mol. The minimum atomic E-state index is -1.44. The van der Waals surface area contributed by atoms with Crippen LogP contribution in [0.15, 0.2) is 18.2 Å². The van der Waals surface area contributed by atoms with Crippen molar-refractivity contribution in [2.45, 2.75) is 0 Å².